The molecule has 0 saturated carbocycles. The maximum Gasteiger partial charge on any atom is 0.257 e. The lowest BCUT2D eigenvalue weighted by atomic mass is 10.0. The zero-order valence-electron chi connectivity index (χ0n) is 14.5. The zero-order chi connectivity index (χ0) is 16.9. The fourth-order valence-electron chi connectivity index (χ4n) is 2.01. The van der Waals surface area contributed by atoms with Gasteiger partial charge in [-0.15, -0.1) is 12.4 Å². The van der Waals surface area contributed by atoms with Gasteiger partial charge in [-0.25, -0.2) is 0 Å². The van der Waals surface area contributed by atoms with E-state index in [-0.39, 0.29) is 30.5 Å². The Bertz CT molecular complexity index is 509. The van der Waals surface area contributed by atoms with Crippen LogP contribution < -0.4 is 10.5 Å². The number of nitrogens with zero attached hydrogens (tertiary/aromatic N) is 1. The quantitative estimate of drug-likeness (QED) is 0.740. The second kappa shape index (κ2) is 10.2. The van der Waals surface area contributed by atoms with Crippen LogP contribution in [0.25, 0.3) is 0 Å². The summed E-state index contributed by atoms with van der Waals surface area (Å²) in [6, 6.07) is 5.59. The van der Waals surface area contributed by atoms with Crippen molar-refractivity contribution in [2.24, 2.45) is 11.7 Å². The summed E-state index contributed by atoms with van der Waals surface area (Å²) in [6.07, 6.45) is 0.803. The van der Waals surface area contributed by atoms with Crippen molar-refractivity contribution in [3.05, 3.63) is 28.2 Å². The molecule has 1 aromatic carbocycles. The average molecular weight is 408 g/mol. The number of rotatable bonds is 7. The van der Waals surface area contributed by atoms with Crippen molar-refractivity contribution in [1.82, 2.24) is 4.90 Å². The van der Waals surface area contributed by atoms with E-state index in [4.69, 9.17) is 10.5 Å². The average Bonchev–Trinajstić information content (AvgIpc) is 2.43. The van der Waals surface area contributed by atoms with Crippen LogP contribution in [0, 0.1) is 5.92 Å². The monoisotopic (exact) mass is 406 g/mol. The minimum atomic E-state index is -0.0425. The number of amides is 1. The van der Waals surface area contributed by atoms with E-state index in [9.17, 15) is 4.79 Å². The Morgan fingerprint density at radius 2 is 1.91 bits per heavy atom. The van der Waals surface area contributed by atoms with Gasteiger partial charge in [-0.3, -0.25) is 4.79 Å². The number of carbonyl (C=O) groups is 1. The molecule has 132 valence electrons. The summed E-state index contributed by atoms with van der Waals surface area (Å²) in [6.45, 7) is 8.71. The molecule has 6 heteroatoms. The van der Waals surface area contributed by atoms with Crippen LogP contribution in [-0.2, 0) is 0 Å². The van der Waals surface area contributed by atoms with Gasteiger partial charge in [-0.1, -0.05) is 29.8 Å². The molecule has 0 aliphatic carbocycles. The van der Waals surface area contributed by atoms with Crippen LogP contribution in [0.4, 0.5) is 0 Å². The number of halogens is 2. The van der Waals surface area contributed by atoms with E-state index < -0.39 is 0 Å². The van der Waals surface area contributed by atoms with Crippen molar-refractivity contribution in [3.63, 3.8) is 0 Å². The first-order valence-electron chi connectivity index (χ1n) is 7.69. The van der Waals surface area contributed by atoms with Gasteiger partial charge in [0.15, 0.2) is 0 Å². The lowest BCUT2D eigenvalue weighted by Crippen LogP contribution is -2.34. The van der Waals surface area contributed by atoms with E-state index >= 15 is 0 Å². The highest BCUT2D eigenvalue weighted by molar-refractivity contribution is 9.10. The van der Waals surface area contributed by atoms with E-state index in [1.54, 1.807) is 18.0 Å². The molecular formula is C17H28BrClN2O2. The third kappa shape index (κ3) is 7.10. The number of hydrogen-bond acceptors (Lipinski definition) is 3. The molecule has 0 radical (unpaired) electrons. The first kappa shape index (κ1) is 22.2. The number of ether oxygens (including phenoxy) is 1. The molecule has 1 unspecified atom stereocenters. The van der Waals surface area contributed by atoms with Gasteiger partial charge < -0.3 is 15.4 Å². The third-order valence-corrected chi connectivity index (χ3v) is 4.03. The molecule has 2 N–H and O–H groups in total. The summed E-state index contributed by atoms with van der Waals surface area (Å²) in [5.74, 6) is 0.976. The van der Waals surface area contributed by atoms with Crippen LogP contribution in [-0.4, -0.2) is 36.5 Å². The Balaban J connectivity index is 0.00000484. The van der Waals surface area contributed by atoms with Crippen molar-refractivity contribution in [2.45, 2.75) is 46.3 Å². The summed E-state index contributed by atoms with van der Waals surface area (Å²) in [5.41, 5.74) is 6.63. The highest BCUT2D eigenvalue weighted by atomic mass is 79.9. The Kier molecular flexibility index (Phi) is 9.82. The van der Waals surface area contributed by atoms with Gasteiger partial charge in [0, 0.05) is 24.1 Å². The molecule has 1 atom stereocenters. The maximum absolute atomic E-state index is 12.6. The predicted octanol–water partition coefficient (Wildman–Crippen LogP) is 4.10. The molecule has 1 aromatic rings. The van der Waals surface area contributed by atoms with E-state index in [0.717, 1.165) is 10.9 Å². The molecule has 0 aliphatic heterocycles. The number of hydrogen-bond donors (Lipinski definition) is 1. The van der Waals surface area contributed by atoms with Crippen LogP contribution in [0.1, 0.15) is 44.5 Å². The molecular weight excluding hydrogens is 380 g/mol. The molecule has 0 spiro atoms. The zero-order valence-corrected chi connectivity index (χ0v) is 16.9. The lowest BCUT2D eigenvalue weighted by Gasteiger charge is -2.23. The minimum Gasteiger partial charge on any atom is -0.490 e. The number of nitrogens with two attached hydrogens (primary N) is 1. The van der Waals surface area contributed by atoms with Crippen LogP contribution in [0.5, 0.6) is 5.75 Å². The van der Waals surface area contributed by atoms with E-state index in [2.05, 4.69) is 29.8 Å². The van der Waals surface area contributed by atoms with E-state index in [1.165, 1.54) is 0 Å². The summed E-state index contributed by atoms with van der Waals surface area (Å²) >= 11 is 3.42. The minimum absolute atomic E-state index is 0. The normalized spacial score (nSPS) is 12.0. The topological polar surface area (TPSA) is 55.6 Å². The van der Waals surface area contributed by atoms with Crippen molar-refractivity contribution < 1.29 is 9.53 Å². The second-order valence-electron chi connectivity index (χ2n) is 6.23. The summed E-state index contributed by atoms with van der Waals surface area (Å²) in [4.78, 5) is 14.3. The van der Waals surface area contributed by atoms with Crippen LogP contribution in [0.2, 0.25) is 0 Å². The van der Waals surface area contributed by atoms with Gasteiger partial charge in [-0.05, 0) is 44.4 Å². The molecule has 0 saturated heterocycles. The van der Waals surface area contributed by atoms with Gasteiger partial charge >= 0.3 is 0 Å². The Morgan fingerprint density at radius 3 is 2.43 bits per heavy atom. The molecule has 1 amide bonds. The molecule has 0 aliphatic rings. The van der Waals surface area contributed by atoms with Gasteiger partial charge in [-0.2, -0.15) is 0 Å². The molecule has 1 rings (SSSR count). The number of benzene rings is 1. The summed E-state index contributed by atoms with van der Waals surface area (Å²) in [5, 5.41) is 0. The SMILES string of the molecule is CC(C)Oc1cc(Br)ccc1C(=O)N(C)CCC(N)C(C)C.Cl. The van der Waals surface area contributed by atoms with E-state index in [0.29, 0.717) is 23.8 Å². The Hall–Kier alpha value is -0.780. The van der Waals surface area contributed by atoms with Crippen molar-refractivity contribution >= 4 is 34.2 Å². The summed E-state index contributed by atoms with van der Waals surface area (Å²) < 4.78 is 6.65. The van der Waals surface area contributed by atoms with Crippen molar-refractivity contribution in [3.8, 4) is 5.75 Å². The van der Waals surface area contributed by atoms with E-state index in [1.807, 2.05) is 26.0 Å². The molecule has 0 fully saturated rings. The number of carbonyl (C=O) groups excluding carboxylic acids is 1. The van der Waals surface area contributed by atoms with Gasteiger partial charge in [0.2, 0.25) is 0 Å². The van der Waals surface area contributed by atoms with Gasteiger partial charge in [0.1, 0.15) is 5.75 Å². The highest BCUT2D eigenvalue weighted by Gasteiger charge is 2.19. The van der Waals surface area contributed by atoms with Gasteiger partial charge in [0.05, 0.1) is 11.7 Å². The van der Waals surface area contributed by atoms with Crippen LogP contribution in [0.15, 0.2) is 22.7 Å². The Morgan fingerprint density at radius 1 is 1.30 bits per heavy atom. The molecule has 0 heterocycles. The fourth-order valence-corrected chi connectivity index (χ4v) is 2.35. The smallest absolute Gasteiger partial charge is 0.257 e. The fraction of sp³-hybridized carbons (Fsp3) is 0.588. The summed E-state index contributed by atoms with van der Waals surface area (Å²) in [7, 11) is 1.80. The molecule has 0 bridgehead atoms. The van der Waals surface area contributed by atoms with Crippen molar-refractivity contribution in [1.29, 1.82) is 0 Å². The van der Waals surface area contributed by atoms with Crippen molar-refractivity contribution in [2.75, 3.05) is 13.6 Å². The van der Waals surface area contributed by atoms with Crippen LogP contribution in [0.3, 0.4) is 0 Å². The first-order chi connectivity index (χ1) is 10.2. The molecule has 0 aromatic heterocycles. The largest absolute Gasteiger partial charge is 0.490 e. The molecule has 23 heavy (non-hydrogen) atoms. The maximum atomic E-state index is 12.6. The molecule has 4 nitrogen and oxygen atoms in total. The lowest BCUT2D eigenvalue weighted by molar-refractivity contribution is 0.0783. The predicted molar refractivity (Wildman–Crippen MR) is 102 cm³/mol. The van der Waals surface area contributed by atoms with Gasteiger partial charge in [0.25, 0.3) is 5.91 Å². The van der Waals surface area contributed by atoms with Crippen LogP contribution >= 0.6 is 28.3 Å². The first-order valence-corrected chi connectivity index (χ1v) is 8.49. The standard InChI is InChI=1S/C17H27BrN2O2.ClH/c1-11(2)15(19)8-9-20(5)17(21)14-7-6-13(18)10-16(14)22-12(3)4;/h6-7,10-12,15H,8-9,19H2,1-5H3;1H. The third-order valence-electron chi connectivity index (χ3n) is 3.54. The highest BCUT2D eigenvalue weighted by Crippen LogP contribution is 2.26. The second-order valence-corrected chi connectivity index (χ2v) is 7.15. The Labute approximate surface area is 154 Å².